The normalized spacial score (nSPS) is 17.4. The molecule has 0 saturated heterocycles. The van der Waals surface area contributed by atoms with E-state index in [4.69, 9.17) is 10.5 Å². The van der Waals surface area contributed by atoms with Gasteiger partial charge in [0.05, 0.1) is 11.4 Å². The fraction of sp³-hybridized carbons (Fsp3) is 0.231. The maximum absolute atomic E-state index is 11.7. The number of aromatic nitrogens is 2. The van der Waals surface area contributed by atoms with Gasteiger partial charge in [0, 0.05) is 12.6 Å². The molecule has 20 heavy (non-hydrogen) atoms. The second-order valence-corrected chi connectivity index (χ2v) is 5.38. The van der Waals surface area contributed by atoms with Crippen molar-refractivity contribution >= 4 is 33.5 Å². The highest BCUT2D eigenvalue weighted by Gasteiger charge is 2.24. The Balaban J connectivity index is 2.09. The predicted molar refractivity (Wildman–Crippen MR) is 79.5 cm³/mol. The number of anilines is 2. The molecule has 3 N–H and O–H groups in total. The highest BCUT2D eigenvalue weighted by atomic mass is 79.9. The predicted octanol–water partition coefficient (Wildman–Crippen LogP) is 2.15. The van der Waals surface area contributed by atoms with Crippen molar-refractivity contribution in [2.75, 3.05) is 11.1 Å². The first-order valence-corrected chi connectivity index (χ1v) is 6.86. The van der Waals surface area contributed by atoms with Crippen LogP contribution in [0.25, 0.3) is 11.3 Å². The summed E-state index contributed by atoms with van der Waals surface area (Å²) in [6, 6.07) is 5.58. The molecule has 7 heteroatoms. The van der Waals surface area contributed by atoms with Gasteiger partial charge in [-0.25, -0.2) is 4.98 Å². The summed E-state index contributed by atoms with van der Waals surface area (Å²) in [4.78, 5) is 15.8. The summed E-state index contributed by atoms with van der Waals surface area (Å²) in [7, 11) is 1.83. The number of amides is 1. The molecular weight excluding hydrogens is 324 g/mol. The van der Waals surface area contributed by atoms with E-state index in [0.717, 1.165) is 11.3 Å². The Labute approximate surface area is 124 Å². The number of carbonyl (C=O) groups is 1. The molecule has 0 aliphatic carbocycles. The Morgan fingerprint density at radius 1 is 1.50 bits per heavy atom. The number of hydrogen-bond acceptors (Lipinski definition) is 4. The van der Waals surface area contributed by atoms with Crippen LogP contribution in [-0.2, 0) is 11.8 Å². The largest absolute Gasteiger partial charge is 0.479 e. The number of fused-ring (bicyclic) bond motifs is 1. The molecule has 1 aromatic heterocycles. The van der Waals surface area contributed by atoms with Gasteiger partial charge in [0.2, 0.25) is 5.95 Å². The maximum Gasteiger partial charge on any atom is 0.265 e. The third-order valence-electron chi connectivity index (χ3n) is 3.27. The molecule has 0 radical (unpaired) electrons. The van der Waals surface area contributed by atoms with Gasteiger partial charge in [-0.3, -0.25) is 4.79 Å². The van der Waals surface area contributed by atoms with E-state index in [2.05, 4.69) is 26.2 Å². The van der Waals surface area contributed by atoms with E-state index in [0.29, 0.717) is 22.0 Å². The van der Waals surface area contributed by atoms with Crippen molar-refractivity contribution in [1.29, 1.82) is 0 Å². The molecule has 0 saturated carbocycles. The van der Waals surface area contributed by atoms with Crippen LogP contribution >= 0.6 is 15.9 Å². The fourth-order valence-corrected chi connectivity index (χ4v) is 2.83. The number of halogens is 1. The molecule has 1 unspecified atom stereocenters. The molecule has 2 heterocycles. The Morgan fingerprint density at radius 2 is 2.25 bits per heavy atom. The molecule has 1 aromatic carbocycles. The van der Waals surface area contributed by atoms with E-state index in [1.165, 1.54) is 0 Å². The average molecular weight is 337 g/mol. The number of nitrogens with one attached hydrogen (secondary N) is 1. The molecule has 1 amide bonds. The molecule has 1 aliphatic heterocycles. The lowest BCUT2D eigenvalue weighted by Gasteiger charge is -2.23. The van der Waals surface area contributed by atoms with E-state index in [9.17, 15) is 4.79 Å². The van der Waals surface area contributed by atoms with Crippen LogP contribution in [0.5, 0.6) is 5.75 Å². The number of hydrogen-bond donors (Lipinski definition) is 2. The quantitative estimate of drug-likeness (QED) is 0.835. The summed E-state index contributed by atoms with van der Waals surface area (Å²) in [5.74, 6) is 0.920. The van der Waals surface area contributed by atoms with Crippen molar-refractivity contribution in [1.82, 2.24) is 9.55 Å². The second kappa shape index (κ2) is 4.52. The lowest BCUT2D eigenvalue weighted by molar-refractivity contribution is -0.122. The van der Waals surface area contributed by atoms with Crippen LogP contribution in [0.2, 0.25) is 0 Å². The number of carbonyl (C=O) groups excluding carboxylic acids is 1. The minimum absolute atomic E-state index is 0.154. The molecular formula is C13H13BrN4O2. The van der Waals surface area contributed by atoms with Gasteiger partial charge in [-0.1, -0.05) is 0 Å². The smallest absolute Gasteiger partial charge is 0.265 e. The van der Waals surface area contributed by atoms with Crippen LogP contribution < -0.4 is 15.8 Å². The van der Waals surface area contributed by atoms with Crippen molar-refractivity contribution in [3.63, 3.8) is 0 Å². The third-order valence-corrected chi connectivity index (χ3v) is 3.82. The number of nitrogens with two attached hydrogens (primary N) is 1. The first-order valence-electron chi connectivity index (χ1n) is 6.07. The van der Waals surface area contributed by atoms with Gasteiger partial charge >= 0.3 is 0 Å². The van der Waals surface area contributed by atoms with Crippen LogP contribution in [0.3, 0.4) is 0 Å². The zero-order chi connectivity index (χ0) is 14.4. The summed E-state index contributed by atoms with van der Waals surface area (Å²) >= 11 is 3.39. The lowest BCUT2D eigenvalue weighted by atomic mass is 10.1. The highest BCUT2D eigenvalue weighted by molar-refractivity contribution is 9.10. The first-order chi connectivity index (χ1) is 9.47. The Kier molecular flexibility index (Phi) is 2.93. The van der Waals surface area contributed by atoms with E-state index < -0.39 is 6.10 Å². The number of rotatable bonds is 1. The van der Waals surface area contributed by atoms with Crippen LogP contribution in [0.4, 0.5) is 11.6 Å². The molecule has 1 aliphatic rings. The van der Waals surface area contributed by atoms with E-state index in [1.54, 1.807) is 11.5 Å². The minimum Gasteiger partial charge on any atom is -0.479 e. The molecule has 3 rings (SSSR count). The van der Waals surface area contributed by atoms with Crippen LogP contribution in [0.1, 0.15) is 6.92 Å². The fourth-order valence-electron chi connectivity index (χ4n) is 2.15. The van der Waals surface area contributed by atoms with Gasteiger partial charge in [-0.2, -0.15) is 0 Å². The maximum atomic E-state index is 11.7. The highest BCUT2D eigenvalue weighted by Crippen LogP contribution is 2.36. The Hall–Kier alpha value is -2.02. The van der Waals surface area contributed by atoms with E-state index in [1.807, 2.05) is 25.2 Å². The minimum atomic E-state index is -0.479. The van der Waals surface area contributed by atoms with E-state index >= 15 is 0 Å². The van der Waals surface area contributed by atoms with Crippen molar-refractivity contribution in [2.45, 2.75) is 13.0 Å². The summed E-state index contributed by atoms with van der Waals surface area (Å²) in [6.07, 6.45) is -0.479. The number of nitrogens with zero attached hydrogens (tertiary/aromatic N) is 2. The Bertz CT molecular complexity index is 711. The van der Waals surface area contributed by atoms with Crippen LogP contribution in [-0.4, -0.2) is 21.6 Å². The summed E-state index contributed by atoms with van der Waals surface area (Å²) in [5.41, 5.74) is 8.17. The molecule has 0 fully saturated rings. The van der Waals surface area contributed by atoms with Crippen LogP contribution in [0, 0.1) is 0 Å². The zero-order valence-electron chi connectivity index (χ0n) is 11.0. The average Bonchev–Trinajstić information content (AvgIpc) is 2.64. The summed E-state index contributed by atoms with van der Waals surface area (Å²) in [6.45, 7) is 1.71. The summed E-state index contributed by atoms with van der Waals surface area (Å²) in [5, 5.41) is 2.83. The molecule has 2 aromatic rings. The van der Waals surface area contributed by atoms with Gasteiger partial charge in [-0.15, -0.1) is 0 Å². The van der Waals surface area contributed by atoms with Crippen LogP contribution in [0.15, 0.2) is 22.8 Å². The molecule has 0 bridgehead atoms. The van der Waals surface area contributed by atoms with Gasteiger partial charge < -0.3 is 20.4 Å². The molecule has 6 nitrogen and oxygen atoms in total. The third kappa shape index (κ3) is 1.94. The van der Waals surface area contributed by atoms with Gasteiger partial charge in [0.25, 0.3) is 5.91 Å². The van der Waals surface area contributed by atoms with Crippen molar-refractivity contribution < 1.29 is 9.53 Å². The zero-order valence-corrected chi connectivity index (χ0v) is 12.6. The SMILES string of the molecule is CC1Oc2ccc(-c3c(Br)nc(N)n3C)cc2NC1=O. The standard InChI is InChI=1S/C13H13BrN4O2/c1-6-12(19)16-8-5-7(3-4-9(8)20-6)10-11(14)17-13(15)18(10)2/h3-6H,1-2H3,(H2,15,17)(H,16,19). The Morgan fingerprint density at radius 3 is 2.90 bits per heavy atom. The monoisotopic (exact) mass is 336 g/mol. The molecule has 0 spiro atoms. The first kappa shape index (κ1) is 13.0. The number of imidazole rings is 1. The summed E-state index contributed by atoms with van der Waals surface area (Å²) < 4.78 is 7.97. The number of benzene rings is 1. The number of nitrogen functional groups attached to an aromatic ring is 1. The van der Waals surface area contributed by atoms with Crippen molar-refractivity contribution in [3.8, 4) is 17.0 Å². The van der Waals surface area contributed by atoms with Gasteiger partial charge in [0.1, 0.15) is 10.4 Å². The molecule has 1 atom stereocenters. The second-order valence-electron chi connectivity index (χ2n) is 4.63. The van der Waals surface area contributed by atoms with Gasteiger partial charge in [0.15, 0.2) is 6.10 Å². The van der Waals surface area contributed by atoms with Crippen molar-refractivity contribution in [2.24, 2.45) is 7.05 Å². The van der Waals surface area contributed by atoms with Gasteiger partial charge in [-0.05, 0) is 41.1 Å². The number of ether oxygens (including phenoxy) is 1. The molecule has 104 valence electrons. The van der Waals surface area contributed by atoms with Crippen molar-refractivity contribution in [3.05, 3.63) is 22.8 Å². The topological polar surface area (TPSA) is 82.2 Å². The lowest BCUT2D eigenvalue weighted by Crippen LogP contribution is -2.34. The van der Waals surface area contributed by atoms with E-state index in [-0.39, 0.29) is 5.91 Å².